The van der Waals surface area contributed by atoms with Crippen molar-refractivity contribution in [3.63, 3.8) is 0 Å². The third kappa shape index (κ3) is 7.79. The fraction of sp³-hybridized carbons (Fsp3) is 0.355. The summed E-state index contributed by atoms with van der Waals surface area (Å²) in [6.07, 6.45) is 1.67. The van der Waals surface area contributed by atoms with Crippen LogP contribution in [-0.2, 0) is 26.2 Å². The van der Waals surface area contributed by atoms with Gasteiger partial charge in [-0.2, -0.15) is 0 Å². The first kappa shape index (κ1) is 32.4. The second-order valence-corrected chi connectivity index (χ2v) is 11.6. The lowest BCUT2D eigenvalue weighted by Crippen LogP contribution is -2.51. The molecule has 0 bridgehead atoms. The van der Waals surface area contributed by atoms with E-state index in [1.807, 2.05) is 38.1 Å². The summed E-state index contributed by atoms with van der Waals surface area (Å²) in [4.78, 5) is 28.3. The maximum Gasteiger partial charge on any atom is 0.264 e. The largest absolute Gasteiger partial charge is 0.493 e. The van der Waals surface area contributed by atoms with Crippen LogP contribution < -0.4 is 19.1 Å². The minimum atomic E-state index is -4.37. The Labute approximate surface area is 247 Å². The standard InChI is InChI=1S/C31H38FN3O6S/c1-6-7-18-33-31(37)23(3)34(20-24-11-9-8-10-22(24)2)30(36)21-35(26-14-12-25(32)13-15-26)42(38,39)27-16-17-28(40-4)29(19-27)41-5/h8-17,19,23H,6-7,18,20-21H2,1-5H3,(H,33,37)/t23-/m0/s1. The number of amides is 2. The van der Waals surface area contributed by atoms with E-state index in [0.717, 1.165) is 40.4 Å². The van der Waals surface area contributed by atoms with E-state index in [4.69, 9.17) is 9.47 Å². The van der Waals surface area contributed by atoms with Crippen LogP contribution in [0.1, 0.15) is 37.8 Å². The number of carbonyl (C=O) groups is 2. The van der Waals surface area contributed by atoms with Crippen molar-refractivity contribution in [2.75, 3.05) is 31.6 Å². The number of carbonyl (C=O) groups excluding carboxylic acids is 2. The molecule has 3 rings (SSSR count). The maximum atomic E-state index is 14.0. The van der Waals surface area contributed by atoms with Crippen molar-refractivity contribution in [3.8, 4) is 11.5 Å². The molecule has 0 aliphatic rings. The number of rotatable bonds is 14. The van der Waals surface area contributed by atoms with E-state index in [-0.39, 0.29) is 28.8 Å². The van der Waals surface area contributed by atoms with Gasteiger partial charge in [0.2, 0.25) is 11.8 Å². The predicted molar refractivity (Wildman–Crippen MR) is 160 cm³/mol. The van der Waals surface area contributed by atoms with E-state index in [1.165, 1.54) is 49.5 Å². The van der Waals surface area contributed by atoms with Crippen LogP contribution in [0.5, 0.6) is 11.5 Å². The Kier molecular flexibility index (Phi) is 11.3. The summed E-state index contributed by atoms with van der Waals surface area (Å²) in [5.74, 6) is -1.01. The molecule has 3 aromatic carbocycles. The van der Waals surface area contributed by atoms with Crippen molar-refractivity contribution >= 4 is 27.5 Å². The molecule has 1 N–H and O–H groups in total. The number of sulfonamides is 1. The third-order valence-electron chi connectivity index (χ3n) is 6.94. The average Bonchev–Trinajstić information content (AvgIpc) is 2.99. The molecule has 11 heteroatoms. The van der Waals surface area contributed by atoms with Crippen LogP contribution >= 0.6 is 0 Å². The van der Waals surface area contributed by atoms with Gasteiger partial charge < -0.3 is 19.7 Å². The summed E-state index contributed by atoms with van der Waals surface area (Å²) in [6.45, 7) is 5.43. The number of hydrogen-bond acceptors (Lipinski definition) is 6. The highest BCUT2D eigenvalue weighted by atomic mass is 32.2. The SMILES string of the molecule is CCCCNC(=O)[C@H](C)N(Cc1ccccc1C)C(=O)CN(c1ccc(F)cc1)S(=O)(=O)c1ccc(OC)c(OC)c1. The Morgan fingerprint density at radius 2 is 1.64 bits per heavy atom. The van der Waals surface area contributed by atoms with Crippen molar-refractivity contribution in [1.29, 1.82) is 0 Å². The zero-order chi connectivity index (χ0) is 30.9. The van der Waals surface area contributed by atoms with Crippen LogP contribution in [-0.4, -0.2) is 58.5 Å². The molecule has 0 spiro atoms. The second-order valence-electron chi connectivity index (χ2n) is 9.77. The van der Waals surface area contributed by atoms with Gasteiger partial charge in [-0.15, -0.1) is 0 Å². The number of unbranched alkanes of at least 4 members (excludes halogenated alkanes) is 1. The van der Waals surface area contributed by atoms with Crippen molar-refractivity contribution in [3.05, 3.63) is 83.7 Å². The third-order valence-corrected chi connectivity index (χ3v) is 8.71. The molecule has 0 fully saturated rings. The number of benzene rings is 3. The fourth-order valence-electron chi connectivity index (χ4n) is 4.33. The van der Waals surface area contributed by atoms with Crippen molar-refractivity contribution in [1.82, 2.24) is 10.2 Å². The van der Waals surface area contributed by atoms with E-state index < -0.39 is 34.3 Å². The lowest BCUT2D eigenvalue weighted by Gasteiger charge is -2.32. The van der Waals surface area contributed by atoms with Crippen LogP contribution in [0.4, 0.5) is 10.1 Å². The molecular weight excluding hydrogens is 561 g/mol. The number of nitrogens with one attached hydrogen (secondary N) is 1. The van der Waals surface area contributed by atoms with E-state index in [9.17, 15) is 22.4 Å². The maximum absolute atomic E-state index is 14.0. The van der Waals surface area contributed by atoms with Gasteiger partial charge in [0.1, 0.15) is 18.4 Å². The molecule has 0 radical (unpaired) electrons. The number of methoxy groups -OCH3 is 2. The zero-order valence-corrected chi connectivity index (χ0v) is 25.4. The van der Waals surface area contributed by atoms with E-state index in [2.05, 4.69) is 5.32 Å². The van der Waals surface area contributed by atoms with E-state index >= 15 is 0 Å². The van der Waals surface area contributed by atoms with Crippen molar-refractivity contribution in [2.24, 2.45) is 0 Å². The Morgan fingerprint density at radius 3 is 2.26 bits per heavy atom. The molecule has 3 aromatic rings. The summed E-state index contributed by atoms with van der Waals surface area (Å²) in [5.41, 5.74) is 1.81. The summed E-state index contributed by atoms with van der Waals surface area (Å²) in [5, 5.41) is 2.86. The smallest absolute Gasteiger partial charge is 0.264 e. The molecule has 9 nitrogen and oxygen atoms in total. The summed E-state index contributed by atoms with van der Waals surface area (Å²) >= 11 is 0. The van der Waals surface area contributed by atoms with Crippen LogP contribution in [0.25, 0.3) is 0 Å². The Morgan fingerprint density at radius 1 is 0.976 bits per heavy atom. The highest BCUT2D eigenvalue weighted by molar-refractivity contribution is 7.92. The van der Waals surface area contributed by atoms with E-state index in [1.54, 1.807) is 6.92 Å². The molecular formula is C31H38FN3O6S. The topological polar surface area (TPSA) is 105 Å². The average molecular weight is 600 g/mol. The number of anilines is 1. The van der Waals surface area contributed by atoms with Crippen LogP contribution in [0.15, 0.2) is 71.6 Å². The highest BCUT2D eigenvalue weighted by Gasteiger charge is 2.33. The molecule has 0 saturated carbocycles. The first-order valence-electron chi connectivity index (χ1n) is 13.7. The number of halogens is 1. The summed E-state index contributed by atoms with van der Waals surface area (Å²) in [7, 11) is -1.56. The molecule has 0 saturated heterocycles. The lowest BCUT2D eigenvalue weighted by atomic mass is 10.1. The molecule has 2 amide bonds. The minimum absolute atomic E-state index is 0.0791. The molecule has 0 heterocycles. The van der Waals surface area contributed by atoms with Gasteiger partial charge in [-0.3, -0.25) is 13.9 Å². The zero-order valence-electron chi connectivity index (χ0n) is 24.6. The van der Waals surface area contributed by atoms with Gasteiger partial charge in [0.15, 0.2) is 11.5 Å². The van der Waals surface area contributed by atoms with Gasteiger partial charge in [-0.1, -0.05) is 37.6 Å². The van der Waals surface area contributed by atoms with Gasteiger partial charge in [0.05, 0.1) is 24.8 Å². The Hall–Kier alpha value is -4.12. The number of nitrogens with zero attached hydrogens (tertiary/aromatic N) is 2. The summed E-state index contributed by atoms with van der Waals surface area (Å²) < 4.78 is 53.3. The first-order valence-corrected chi connectivity index (χ1v) is 15.1. The number of ether oxygens (including phenoxy) is 2. The normalized spacial score (nSPS) is 11.9. The highest BCUT2D eigenvalue weighted by Crippen LogP contribution is 2.32. The summed E-state index contributed by atoms with van der Waals surface area (Å²) in [6, 6.07) is 15.5. The molecule has 1 atom stereocenters. The van der Waals surface area contributed by atoms with Crippen LogP contribution in [0.3, 0.4) is 0 Å². The van der Waals surface area contributed by atoms with Crippen molar-refractivity contribution < 1.29 is 31.9 Å². The van der Waals surface area contributed by atoms with E-state index in [0.29, 0.717) is 12.3 Å². The quantitative estimate of drug-likeness (QED) is 0.270. The molecule has 0 aliphatic carbocycles. The lowest BCUT2D eigenvalue weighted by molar-refractivity contribution is -0.139. The van der Waals surface area contributed by atoms with Gasteiger partial charge in [-0.05, 0) is 67.8 Å². The molecule has 0 aliphatic heterocycles. The van der Waals surface area contributed by atoms with Gasteiger partial charge in [-0.25, -0.2) is 12.8 Å². The number of hydrogen-bond donors (Lipinski definition) is 1. The fourth-order valence-corrected chi connectivity index (χ4v) is 5.76. The minimum Gasteiger partial charge on any atom is -0.493 e. The van der Waals surface area contributed by atoms with Gasteiger partial charge >= 0.3 is 0 Å². The Balaban J connectivity index is 2.05. The molecule has 0 unspecified atom stereocenters. The van der Waals surface area contributed by atoms with Crippen LogP contribution in [0, 0.1) is 12.7 Å². The monoisotopic (exact) mass is 599 g/mol. The second kappa shape index (κ2) is 14.7. The van der Waals surface area contributed by atoms with Gasteiger partial charge in [0, 0.05) is 19.2 Å². The van der Waals surface area contributed by atoms with Crippen molar-refractivity contribution in [2.45, 2.75) is 51.1 Å². The Bertz CT molecular complexity index is 1480. The first-order chi connectivity index (χ1) is 20.0. The number of aryl methyl sites for hydroxylation is 1. The van der Waals surface area contributed by atoms with Gasteiger partial charge in [0.25, 0.3) is 10.0 Å². The molecule has 42 heavy (non-hydrogen) atoms. The molecule has 226 valence electrons. The molecule has 0 aromatic heterocycles. The van der Waals surface area contributed by atoms with Crippen LogP contribution in [0.2, 0.25) is 0 Å². The predicted octanol–water partition coefficient (Wildman–Crippen LogP) is 4.68.